The van der Waals surface area contributed by atoms with Crippen LogP contribution in [0.2, 0.25) is 0 Å². The lowest BCUT2D eigenvalue weighted by atomic mass is 10.2. The average molecular weight is 347 g/mol. The van der Waals surface area contributed by atoms with Crippen LogP contribution in [0.3, 0.4) is 0 Å². The van der Waals surface area contributed by atoms with Gasteiger partial charge in [0, 0.05) is 10.7 Å². The Balaban J connectivity index is 2.18. The zero-order valence-electron chi connectivity index (χ0n) is 11.1. The van der Waals surface area contributed by atoms with Crippen LogP contribution in [0.25, 0.3) is 17.1 Å². The molecule has 1 N–H and O–H groups in total. The molecule has 2 aromatic heterocycles. The maximum atomic E-state index is 11.4. The number of halogens is 1. The molecule has 0 aliphatic rings. The first-order chi connectivity index (χ1) is 10.1. The van der Waals surface area contributed by atoms with Crippen molar-refractivity contribution in [1.29, 1.82) is 0 Å². The number of benzene rings is 1. The summed E-state index contributed by atoms with van der Waals surface area (Å²) in [5.74, 6) is 0.102. The second kappa shape index (κ2) is 5.21. The maximum Gasteiger partial charge on any atom is 0.339 e. The molecule has 0 aliphatic carbocycles. The minimum atomic E-state index is -1.04. The Morgan fingerprint density at radius 1 is 1.29 bits per heavy atom. The Hall–Kier alpha value is -2.34. The minimum Gasteiger partial charge on any atom is -0.478 e. The number of furan rings is 1. The molecule has 6 heteroatoms. The third kappa shape index (κ3) is 2.50. The van der Waals surface area contributed by atoms with E-state index in [2.05, 4.69) is 21.0 Å². The predicted octanol–water partition coefficient (Wildman–Crippen LogP) is 3.90. The van der Waals surface area contributed by atoms with Crippen molar-refractivity contribution in [2.75, 3.05) is 0 Å². The highest BCUT2D eigenvalue weighted by Crippen LogP contribution is 2.27. The Kier molecular flexibility index (Phi) is 3.39. The molecule has 106 valence electrons. The Labute approximate surface area is 129 Å². The Bertz CT molecular complexity index is 820. The molecule has 21 heavy (non-hydrogen) atoms. The van der Waals surface area contributed by atoms with Gasteiger partial charge in [-0.2, -0.15) is 5.10 Å². The van der Waals surface area contributed by atoms with Crippen molar-refractivity contribution in [3.8, 4) is 17.1 Å². The molecule has 0 bridgehead atoms. The van der Waals surface area contributed by atoms with Gasteiger partial charge in [0.05, 0.1) is 5.69 Å². The molecule has 0 aliphatic heterocycles. The molecule has 0 spiro atoms. The van der Waals surface area contributed by atoms with Crippen molar-refractivity contribution in [3.05, 3.63) is 58.4 Å². The number of aromatic nitrogens is 2. The van der Waals surface area contributed by atoms with Crippen molar-refractivity contribution < 1.29 is 14.3 Å². The van der Waals surface area contributed by atoms with E-state index in [0.717, 1.165) is 10.2 Å². The van der Waals surface area contributed by atoms with Crippen LogP contribution in [-0.2, 0) is 0 Å². The fraction of sp³-hybridized carbons (Fsp3) is 0.0667. The molecule has 1 aromatic carbocycles. The number of carboxylic acid groups (broad SMARTS) is 1. The van der Waals surface area contributed by atoms with Gasteiger partial charge in [0.2, 0.25) is 0 Å². The maximum absolute atomic E-state index is 11.4. The van der Waals surface area contributed by atoms with Crippen molar-refractivity contribution in [2.24, 2.45) is 0 Å². The van der Waals surface area contributed by atoms with Gasteiger partial charge in [0.1, 0.15) is 17.0 Å². The monoisotopic (exact) mass is 346 g/mol. The molecule has 0 amide bonds. The van der Waals surface area contributed by atoms with Crippen LogP contribution in [0.15, 0.2) is 51.5 Å². The number of hydrogen-bond acceptors (Lipinski definition) is 3. The van der Waals surface area contributed by atoms with Crippen molar-refractivity contribution >= 4 is 21.9 Å². The van der Waals surface area contributed by atoms with Gasteiger partial charge in [-0.1, -0.05) is 12.1 Å². The summed E-state index contributed by atoms with van der Waals surface area (Å²) < 4.78 is 7.84. The third-order valence-corrected chi connectivity index (χ3v) is 3.69. The molecule has 2 heterocycles. The van der Waals surface area contributed by atoms with Crippen molar-refractivity contribution in [3.63, 3.8) is 0 Å². The number of para-hydroxylation sites is 1. The Morgan fingerprint density at radius 2 is 2.05 bits per heavy atom. The molecule has 0 fully saturated rings. The molecule has 3 aromatic rings. The lowest BCUT2D eigenvalue weighted by Crippen LogP contribution is -1.96. The lowest BCUT2D eigenvalue weighted by Gasteiger charge is -2.02. The topological polar surface area (TPSA) is 68.3 Å². The summed E-state index contributed by atoms with van der Waals surface area (Å²) in [7, 11) is 0. The van der Waals surface area contributed by atoms with Gasteiger partial charge in [0.25, 0.3) is 0 Å². The summed E-state index contributed by atoms with van der Waals surface area (Å²) in [6.45, 7) is 1.80. The van der Waals surface area contributed by atoms with E-state index in [4.69, 9.17) is 4.42 Å². The number of aryl methyl sites for hydroxylation is 1. The Morgan fingerprint density at radius 3 is 2.67 bits per heavy atom. The number of carboxylic acids is 1. The smallest absolute Gasteiger partial charge is 0.339 e. The van der Waals surface area contributed by atoms with Crippen molar-refractivity contribution in [1.82, 2.24) is 9.78 Å². The highest BCUT2D eigenvalue weighted by Gasteiger charge is 2.20. The zero-order valence-corrected chi connectivity index (χ0v) is 12.7. The summed E-state index contributed by atoms with van der Waals surface area (Å²) in [6.07, 6.45) is 1.48. The number of nitrogens with zero attached hydrogens (tertiary/aromatic N) is 2. The molecule has 3 rings (SSSR count). The summed E-state index contributed by atoms with van der Waals surface area (Å²) >= 11 is 3.43. The molecule has 0 unspecified atom stereocenters. The van der Waals surface area contributed by atoms with Crippen LogP contribution in [-0.4, -0.2) is 20.9 Å². The normalized spacial score (nSPS) is 10.8. The predicted molar refractivity (Wildman–Crippen MR) is 80.7 cm³/mol. The van der Waals surface area contributed by atoms with Gasteiger partial charge in [-0.15, -0.1) is 0 Å². The van der Waals surface area contributed by atoms with E-state index in [0.29, 0.717) is 17.2 Å². The molecular weight excluding hydrogens is 336 g/mol. The van der Waals surface area contributed by atoms with Crippen molar-refractivity contribution in [2.45, 2.75) is 6.92 Å². The van der Waals surface area contributed by atoms with Gasteiger partial charge in [-0.25, -0.2) is 9.48 Å². The molecule has 5 nitrogen and oxygen atoms in total. The number of hydrogen-bond donors (Lipinski definition) is 1. The highest BCUT2D eigenvalue weighted by molar-refractivity contribution is 9.10. The summed E-state index contributed by atoms with van der Waals surface area (Å²) in [6, 6.07) is 11.0. The SMILES string of the molecule is Cc1ccc(-c2nn(-c3ccccc3Br)cc2C(=O)O)o1. The second-order valence-electron chi connectivity index (χ2n) is 4.50. The van der Waals surface area contributed by atoms with E-state index in [1.54, 1.807) is 19.1 Å². The highest BCUT2D eigenvalue weighted by atomic mass is 79.9. The van der Waals surface area contributed by atoms with E-state index in [9.17, 15) is 9.90 Å². The fourth-order valence-corrected chi connectivity index (χ4v) is 2.50. The van der Waals surface area contributed by atoms with Gasteiger partial charge in [0.15, 0.2) is 5.76 Å². The van der Waals surface area contributed by atoms with Crippen LogP contribution in [0, 0.1) is 6.92 Å². The number of aromatic carboxylic acids is 1. The quantitative estimate of drug-likeness (QED) is 0.780. The summed E-state index contributed by atoms with van der Waals surface area (Å²) in [5, 5.41) is 13.7. The molecule has 0 radical (unpaired) electrons. The molecule has 0 saturated heterocycles. The molecule has 0 atom stereocenters. The molecular formula is C15H11BrN2O3. The standard InChI is InChI=1S/C15H11BrN2O3/c1-9-6-7-13(21-9)14-10(15(19)20)8-18(17-14)12-5-3-2-4-11(12)16/h2-8H,1H3,(H,19,20). The summed E-state index contributed by atoms with van der Waals surface area (Å²) in [5.41, 5.74) is 1.17. The fourth-order valence-electron chi connectivity index (χ4n) is 2.04. The largest absolute Gasteiger partial charge is 0.478 e. The van der Waals surface area contributed by atoms with Crippen LogP contribution < -0.4 is 0 Å². The van der Waals surface area contributed by atoms with Gasteiger partial charge in [-0.05, 0) is 47.1 Å². The van der Waals surface area contributed by atoms with Crippen LogP contribution in [0.5, 0.6) is 0 Å². The van der Waals surface area contributed by atoms with Gasteiger partial charge in [-0.3, -0.25) is 0 Å². The number of rotatable bonds is 3. The average Bonchev–Trinajstić information content (AvgIpc) is 3.05. The van der Waals surface area contributed by atoms with Crippen LogP contribution in [0.1, 0.15) is 16.1 Å². The first-order valence-corrected chi connectivity index (χ1v) is 7.00. The van der Waals surface area contributed by atoms with Crippen LogP contribution in [0.4, 0.5) is 0 Å². The van der Waals surface area contributed by atoms with E-state index in [-0.39, 0.29) is 5.56 Å². The second-order valence-corrected chi connectivity index (χ2v) is 5.36. The first-order valence-electron chi connectivity index (χ1n) is 6.21. The van der Waals surface area contributed by atoms with E-state index >= 15 is 0 Å². The molecule has 0 saturated carbocycles. The van der Waals surface area contributed by atoms with Gasteiger partial charge < -0.3 is 9.52 Å². The van der Waals surface area contributed by atoms with E-state index in [1.165, 1.54) is 10.9 Å². The third-order valence-electron chi connectivity index (χ3n) is 3.02. The lowest BCUT2D eigenvalue weighted by molar-refractivity contribution is 0.0697. The minimum absolute atomic E-state index is 0.0973. The summed E-state index contributed by atoms with van der Waals surface area (Å²) in [4.78, 5) is 11.4. The first kappa shape index (κ1) is 13.6. The van der Waals surface area contributed by atoms with Gasteiger partial charge >= 0.3 is 5.97 Å². The van der Waals surface area contributed by atoms with Crippen LogP contribution >= 0.6 is 15.9 Å². The van der Waals surface area contributed by atoms with E-state index < -0.39 is 5.97 Å². The number of carbonyl (C=O) groups is 1. The van der Waals surface area contributed by atoms with E-state index in [1.807, 2.05) is 24.3 Å². The zero-order chi connectivity index (χ0) is 15.0.